The van der Waals surface area contributed by atoms with E-state index in [4.69, 9.17) is 0 Å². The van der Waals surface area contributed by atoms with Crippen molar-refractivity contribution in [2.45, 2.75) is 6.92 Å². The van der Waals surface area contributed by atoms with Gasteiger partial charge in [-0.2, -0.15) is 5.10 Å². The van der Waals surface area contributed by atoms with Gasteiger partial charge >= 0.3 is 0 Å². The summed E-state index contributed by atoms with van der Waals surface area (Å²) in [6.45, 7) is 1.92. The third kappa shape index (κ3) is 4.30. The maximum atomic E-state index is 10.3. The summed E-state index contributed by atoms with van der Waals surface area (Å²) in [5.74, 6) is 0.528. The van der Waals surface area contributed by atoms with Crippen molar-refractivity contribution in [3.8, 4) is 28.3 Å². The molecule has 0 radical (unpaired) electrons. The Kier molecular flexibility index (Phi) is 5.29. The molecule has 0 bridgehead atoms. The van der Waals surface area contributed by atoms with Crippen molar-refractivity contribution in [1.82, 2.24) is 9.97 Å². The first-order valence-corrected chi connectivity index (χ1v) is 9.29. The van der Waals surface area contributed by atoms with Gasteiger partial charge in [0.05, 0.1) is 17.1 Å². The minimum Gasteiger partial charge on any atom is -0.507 e. The lowest BCUT2D eigenvalue weighted by Gasteiger charge is -2.10. The fourth-order valence-electron chi connectivity index (χ4n) is 2.96. The van der Waals surface area contributed by atoms with Crippen LogP contribution in [-0.2, 0) is 0 Å². The smallest absolute Gasteiger partial charge is 0.244 e. The number of aromatic hydroxyl groups is 1. The van der Waals surface area contributed by atoms with Gasteiger partial charge in [-0.15, -0.1) is 0 Å². The molecule has 0 amide bonds. The van der Waals surface area contributed by atoms with Crippen molar-refractivity contribution in [2.75, 3.05) is 5.43 Å². The van der Waals surface area contributed by atoms with Crippen molar-refractivity contribution in [1.29, 1.82) is 0 Å². The Bertz CT molecular complexity index is 1140. The summed E-state index contributed by atoms with van der Waals surface area (Å²) in [5, 5.41) is 14.7. The lowest BCUT2D eigenvalue weighted by atomic mass is 10.1. The van der Waals surface area contributed by atoms with E-state index in [1.54, 1.807) is 12.1 Å². The highest BCUT2D eigenvalue weighted by molar-refractivity contribution is 5.98. The number of benzene rings is 3. The summed E-state index contributed by atoms with van der Waals surface area (Å²) < 4.78 is 0. The lowest BCUT2D eigenvalue weighted by Crippen LogP contribution is -2.04. The highest BCUT2D eigenvalue weighted by Gasteiger charge is 2.11. The fourth-order valence-corrected chi connectivity index (χ4v) is 2.96. The van der Waals surface area contributed by atoms with Gasteiger partial charge in [-0.1, -0.05) is 72.8 Å². The molecule has 4 rings (SSSR count). The van der Waals surface area contributed by atoms with Crippen LogP contribution in [-0.4, -0.2) is 20.8 Å². The van der Waals surface area contributed by atoms with E-state index in [0.717, 1.165) is 22.5 Å². The Hall–Kier alpha value is -3.99. The van der Waals surface area contributed by atoms with Gasteiger partial charge in [-0.05, 0) is 30.7 Å². The summed E-state index contributed by atoms with van der Waals surface area (Å²) in [6.07, 6.45) is 0. The zero-order valence-electron chi connectivity index (χ0n) is 15.9. The third-order valence-electron chi connectivity index (χ3n) is 4.49. The van der Waals surface area contributed by atoms with Crippen LogP contribution in [0, 0.1) is 0 Å². The number of aromatic nitrogens is 2. The molecule has 0 saturated carbocycles. The molecule has 2 N–H and O–H groups in total. The molecular weight excluding hydrogens is 360 g/mol. The van der Waals surface area contributed by atoms with Crippen molar-refractivity contribution >= 4 is 11.7 Å². The molecule has 5 nitrogen and oxygen atoms in total. The van der Waals surface area contributed by atoms with Crippen LogP contribution in [0.3, 0.4) is 0 Å². The minimum atomic E-state index is 0.167. The van der Waals surface area contributed by atoms with E-state index in [1.807, 2.05) is 85.8 Å². The van der Waals surface area contributed by atoms with Crippen LogP contribution >= 0.6 is 0 Å². The molecule has 0 aliphatic heterocycles. The summed E-state index contributed by atoms with van der Waals surface area (Å²) >= 11 is 0. The van der Waals surface area contributed by atoms with Gasteiger partial charge in [0, 0.05) is 11.1 Å². The van der Waals surface area contributed by atoms with Crippen LogP contribution in [0.2, 0.25) is 0 Å². The van der Waals surface area contributed by atoms with Crippen molar-refractivity contribution in [3.63, 3.8) is 0 Å². The van der Waals surface area contributed by atoms with Crippen LogP contribution in [0.15, 0.2) is 96.1 Å². The average molecular weight is 380 g/mol. The quantitative estimate of drug-likeness (QED) is 0.362. The third-order valence-corrected chi connectivity index (χ3v) is 4.49. The summed E-state index contributed by atoms with van der Waals surface area (Å²) in [7, 11) is 0. The molecule has 1 aromatic heterocycles. The second-order valence-electron chi connectivity index (χ2n) is 6.52. The van der Waals surface area contributed by atoms with E-state index in [0.29, 0.717) is 17.2 Å². The van der Waals surface area contributed by atoms with Crippen LogP contribution in [0.4, 0.5) is 5.95 Å². The molecule has 0 aliphatic carbocycles. The molecule has 4 aromatic rings. The molecule has 0 fully saturated rings. The van der Waals surface area contributed by atoms with Gasteiger partial charge in [-0.3, -0.25) is 0 Å². The monoisotopic (exact) mass is 380 g/mol. The SMILES string of the molecule is C/C(=N\Nc1nc(-c2ccccc2)cc(-c2ccccc2O)n1)c1ccccc1. The number of anilines is 1. The molecule has 0 atom stereocenters. The molecule has 5 heteroatoms. The van der Waals surface area contributed by atoms with Gasteiger partial charge in [0.2, 0.25) is 5.95 Å². The van der Waals surface area contributed by atoms with E-state index in [2.05, 4.69) is 20.5 Å². The highest BCUT2D eigenvalue weighted by atomic mass is 16.3. The standard InChI is InChI=1S/C24H20N4O/c1-17(18-10-4-2-5-11-18)27-28-24-25-21(19-12-6-3-7-13-19)16-22(26-24)20-14-8-9-15-23(20)29/h2-16,29H,1H3,(H,25,26,28)/b27-17+. The van der Waals surface area contributed by atoms with Gasteiger partial charge in [0.1, 0.15) is 5.75 Å². The molecule has 3 aromatic carbocycles. The van der Waals surface area contributed by atoms with E-state index in [-0.39, 0.29) is 5.75 Å². The molecule has 0 unspecified atom stereocenters. The number of nitrogens with one attached hydrogen (secondary N) is 1. The largest absolute Gasteiger partial charge is 0.507 e. The van der Waals surface area contributed by atoms with Gasteiger partial charge in [0.25, 0.3) is 0 Å². The van der Waals surface area contributed by atoms with Crippen molar-refractivity contribution < 1.29 is 5.11 Å². The molecular formula is C24H20N4O. The topological polar surface area (TPSA) is 70.4 Å². The Morgan fingerprint density at radius 2 is 1.41 bits per heavy atom. The summed E-state index contributed by atoms with van der Waals surface area (Å²) in [6, 6.07) is 28.7. The Morgan fingerprint density at radius 1 is 0.793 bits per heavy atom. The average Bonchev–Trinajstić information content (AvgIpc) is 2.79. The van der Waals surface area contributed by atoms with E-state index in [9.17, 15) is 5.11 Å². The van der Waals surface area contributed by atoms with Gasteiger partial charge in [0.15, 0.2) is 0 Å². The van der Waals surface area contributed by atoms with Crippen LogP contribution in [0.5, 0.6) is 5.75 Å². The highest BCUT2D eigenvalue weighted by Crippen LogP contribution is 2.30. The normalized spacial score (nSPS) is 11.3. The molecule has 142 valence electrons. The fraction of sp³-hybridized carbons (Fsp3) is 0.0417. The van der Waals surface area contributed by atoms with Gasteiger partial charge < -0.3 is 5.11 Å². The number of hydrogen-bond acceptors (Lipinski definition) is 5. The number of nitrogens with zero attached hydrogens (tertiary/aromatic N) is 3. The first-order valence-electron chi connectivity index (χ1n) is 9.29. The first-order chi connectivity index (χ1) is 14.2. The molecule has 29 heavy (non-hydrogen) atoms. The molecule has 0 spiro atoms. The predicted molar refractivity (Wildman–Crippen MR) is 117 cm³/mol. The van der Waals surface area contributed by atoms with Crippen LogP contribution in [0.25, 0.3) is 22.5 Å². The molecule has 0 saturated heterocycles. The first kappa shape index (κ1) is 18.4. The number of para-hydroxylation sites is 1. The van der Waals surface area contributed by atoms with E-state index < -0.39 is 0 Å². The number of phenols is 1. The Labute approximate surface area is 169 Å². The Morgan fingerprint density at radius 3 is 2.14 bits per heavy atom. The minimum absolute atomic E-state index is 0.167. The second kappa shape index (κ2) is 8.35. The maximum absolute atomic E-state index is 10.3. The predicted octanol–water partition coefficient (Wildman–Crippen LogP) is 5.35. The van der Waals surface area contributed by atoms with Gasteiger partial charge in [-0.25, -0.2) is 15.4 Å². The number of rotatable bonds is 5. The summed E-state index contributed by atoms with van der Waals surface area (Å²) in [4.78, 5) is 9.18. The molecule has 1 heterocycles. The maximum Gasteiger partial charge on any atom is 0.244 e. The zero-order valence-corrected chi connectivity index (χ0v) is 15.9. The van der Waals surface area contributed by atoms with E-state index >= 15 is 0 Å². The van der Waals surface area contributed by atoms with Crippen LogP contribution in [0.1, 0.15) is 12.5 Å². The zero-order chi connectivity index (χ0) is 20.1. The number of phenolic OH excluding ortho intramolecular Hbond substituents is 1. The molecule has 0 aliphatic rings. The Balaban J connectivity index is 1.75. The van der Waals surface area contributed by atoms with Crippen molar-refractivity contribution in [3.05, 3.63) is 96.6 Å². The van der Waals surface area contributed by atoms with Crippen LogP contribution < -0.4 is 5.43 Å². The number of hydrazone groups is 1. The summed E-state index contributed by atoms with van der Waals surface area (Å²) in [5.41, 5.74) is 7.76. The lowest BCUT2D eigenvalue weighted by molar-refractivity contribution is 0.477. The van der Waals surface area contributed by atoms with E-state index in [1.165, 1.54) is 0 Å². The number of hydrogen-bond donors (Lipinski definition) is 2. The second-order valence-corrected chi connectivity index (χ2v) is 6.52. The van der Waals surface area contributed by atoms with Crippen molar-refractivity contribution in [2.24, 2.45) is 5.10 Å².